The molecular weight excluding hydrogens is 242 g/mol. The van der Waals surface area contributed by atoms with Crippen molar-refractivity contribution in [3.63, 3.8) is 0 Å². The Bertz CT molecular complexity index is 549. The molecule has 0 aromatic carbocycles. The predicted octanol–water partition coefficient (Wildman–Crippen LogP) is 1.24. The number of aromatic nitrogens is 4. The molecule has 2 aromatic rings. The van der Waals surface area contributed by atoms with E-state index in [0.29, 0.717) is 17.3 Å². The molecule has 2 heterocycles. The molecule has 1 atom stereocenters. The fourth-order valence-corrected chi connectivity index (χ4v) is 1.74. The highest BCUT2D eigenvalue weighted by Gasteiger charge is 2.05. The summed E-state index contributed by atoms with van der Waals surface area (Å²) in [5.41, 5.74) is 0.172. The molecule has 6 nitrogen and oxygen atoms in total. The van der Waals surface area contributed by atoms with Crippen LogP contribution < -0.4 is 11.0 Å². The van der Waals surface area contributed by atoms with E-state index in [2.05, 4.69) is 27.5 Å². The van der Waals surface area contributed by atoms with Gasteiger partial charge in [-0.3, -0.25) is 0 Å². The number of fused-ring (bicyclic) bond motifs is 1. The second-order valence-corrected chi connectivity index (χ2v) is 4.27. The minimum Gasteiger partial charge on any atom is -0.366 e. The number of halogens is 1. The monoisotopic (exact) mass is 255 g/mol. The Balaban J connectivity index is 2.13. The van der Waals surface area contributed by atoms with Crippen molar-refractivity contribution in [2.75, 3.05) is 11.2 Å². The summed E-state index contributed by atoms with van der Waals surface area (Å²) in [4.78, 5) is 11.3. The summed E-state index contributed by atoms with van der Waals surface area (Å²) in [5.74, 6) is 1.31. The van der Waals surface area contributed by atoms with Crippen LogP contribution in [0, 0.1) is 0 Å². The lowest BCUT2D eigenvalue weighted by atomic mass is 10.2. The van der Waals surface area contributed by atoms with Gasteiger partial charge in [0.25, 0.3) is 0 Å². The van der Waals surface area contributed by atoms with Crippen LogP contribution in [-0.4, -0.2) is 31.7 Å². The summed E-state index contributed by atoms with van der Waals surface area (Å²) >= 11 is 5.63. The molecule has 92 valence electrons. The van der Waals surface area contributed by atoms with Crippen LogP contribution in [0.15, 0.2) is 16.9 Å². The van der Waals surface area contributed by atoms with E-state index in [0.717, 1.165) is 12.8 Å². The summed E-state index contributed by atoms with van der Waals surface area (Å²) < 4.78 is 1.23. The first-order valence-electron chi connectivity index (χ1n) is 5.47. The van der Waals surface area contributed by atoms with E-state index < -0.39 is 0 Å². The first kappa shape index (κ1) is 11.9. The van der Waals surface area contributed by atoms with Gasteiger partial charge in [0.1, 0.15) is 5.82 Å². The van der Waals surface area contributed by atoms with E-state index in [9.17, 15) is 4.79 Å². The van der Waals surface area contributed by atoms with Crippen LogP contribution >= 0.6 is 11.6 Å². The van der Waals surface area contributed by atoms with E-state index in [1.807, 2.05) is 0 Å². The van der Waals surface area contributed by atoms with Crippen molar-refractivity contribution in [2.24, 2.45) is 0 Å². The maximum atomic E-state index is 11.3. The van der Waals surface area contributed by atoms with Crippen LogP contribution in [0.4, 0.5) is 5.82 Å². The topological polar surface area (TPSA) is 75.1 Å². The Hall–Kier alpha value is -1.56. The molecule has 0 amide bonds. The zero-order valence-electron chi connectivity index (χ0n) is 9.48. The van der Waals surface area contributed by atoms with Gasteiger partial charge in [0.15, 0.2) is 5.65 Å². The highest BCUT2D eigenvalue weighted by Crippen LogP contribution is 2.08. The number of nitrogens with zero attached hydrogens (tertiary/aromatic N) is 3. The third-order valence-corrected chi connectivity index (χ3v) is 2.71. The van der Waals surface area contributed by atoms with Crippen molar-refractivity contribution < 1.29 is 0 Å². The lowest BCUT2D eigenvalue weighted by Gasteiger charge is -2.13. The lowest BCUT2D eigenvalue weighted by Crippen LogP contribution is -2.19. The molecule has 0 aliphatic carbocycles. The van der Waals surface area contributed by atoms with Gasteiger partial charge in [-0.15, -0.1) is 16.7 Å². The first-order chi connectivity index (χ1) is 8.20. The Morgan fingerprint density at radius 3 is 3.18 bits per heavy atom. The van der Waals surface area contributed by atoms with Gasteiger partial charge in [-0.25, -0.2) is 9.89 Å². The lowest BCUT2D eigenvalue weighted by molar-refractivity contribution is 0.686. The Labute approximate surface area is 103 Å². The van der Waals surface area contributed by atoms with E-state index in [1.54, 1.807) is 12.1 Å². The smallest absolute Gasteiger partial charge is 0.364 e. The summed E-state index contributed by atoms with van der Waals surface area (Å²) in [5, 5.41) is 13.5. The van der Waals surface area contributed by atoms with E-state index in [4.69, 9.17) is 11.6 Å². The molecule has 0 bridgehead atoms. The molecule has 7 heteroatoms. The number of rotatable bonds is 5. The average Bonchev–Trinajstić information content (AvgIpc) is 2.68. The third kappa shape index (κ3) is 2.76. The first-order valence-corrected chi connectivity index (χ1v) is 6.01. The number of hydrogen-bond donors (Lipinski definition) is 2. The Morgan fingerprint density at radius 2 is 2.41 bits per heavy atom. The fraction of sp³-hybridized carbons (Fsp3) is 0.500. The maximum Gasteiger partial charge on any atom is 0.364 e. The molecule has 2 N–H and O–H groups in total. The Morgan fingerprint density at radius 1 is 1.59 bits per heavy atom. The van der Waals surface area contributed by atoms with Gasteiger partial charge in [0.2, 0.25) is 0 Å². The minimum absolute atomic E-state index is 0.265. The normalized spacial score (nSPS) is 12.8. The van der Waals surface area contributed by atoms with Crippen molar-refractivity contribution in [3.05, 3.63) is 22.6 Å². The molecular formula is C10H14ClN5O. The van der Waals surface area contributed by atoms with Gasteiger partial charge in [0.05, 0.1) is 0 Å². The quantitative estimate of drug-likeness (QED) is 0.789. The van der Waals surface area contributed by atoms with Crippen LogP contribution in [0.1, 0.15) is 19.8 Å². The average molecular weight is 256 g/mol. The molecule has 2 rings (SSSR count). The van der Waals surface area contributed by atoms with Gasteiger partial charge in [-0.05, 0) is 31.9 Å². The van der Waals surface area contributed by atoms with Crippen molar-refractivity contribution in [1.82, 2.24) is 19.8 Å². The van der Waals surface area contributed by atoms with Gasteiger partial charge in [-0.1, -0.05) is 0 Å². The predicted molar refractivity (Wildman–Crippen MR) is 66.6 cm³/mol. The molecule has 1 unspecified atom stereocenters. The molecule has 2 aromatic heterocycles. The van der Waals surface area contributed by atoms with Crippen LogP contribution in [-0.2, 0) is 0 Å². The zero-order valence-corrected chi connectivity index (χ0v) is 10.2. The van der Waals surface area contributed by atoms with Crippen molar-refractivity contribution in [3.8, 4) is 0 Å². The SMILES string of the molecule is CC(CCCCl)Nc1ccc2n[nH]c(=O)n2n1. The number of H-pyrrole nitrogens is 1. The molecule has 0 aliphatic rings. The van der Waals surface area contributed by atoms with Crippen LogP contribution in [0.5, 0.6) is 0 Å². The number of nitrogens with one attached hydrogen (secondary N) is 2. The molecule has 0 aliphatic heterocycles. The molecule has 0 spiro atoms. The van der Waals surface area contributed by atoms with E-state index in [-0.39, 0.29) is 11.7 Å². The molecule has 17 heavy (non-hydrogen) atoms. The molecule has 0 radical (unpaired) electrons. The highest BCUT2D eigenvalue weighted by molar-refractivity contribution is 6.17. The van der Waals surface area contributed by atoms with Gasteiger partial charge in [0, 0.05) is 11.9 Å². The maximum absolute atomic E-state index is 11.3. The van der Waals surface area contributed by atoms with Crippen LogP contribution in [0.2, 0.25) is 0 Å². The van der Waals surface area contributed by atoms with E-state index in [1.165, 1.54) is 4.52 Å². The number of hydrogen-bond acceptors (Lipinski definition) is 4. The number of aromatic amines is 1. The standard InChI is InChI=1S/C10H14ClN5O/c1-7(3-2-6-11)12-8-4-5-9-13-14-10(17)16(9)15-8/h4-5,7H,2-3,6H2,1H3,(H,12,15)(H,14,17). The van der Waals surface area contributed by atoms with Crippen LogP contribution in [0.25, 0.3) is 5.65 Å². The van der Waals surface area contributed by atoms with Crippen molar-refractivity contribution in [1.29, 1.82) is 0 Å². The van der Waals surface area contributed by atoms with E-state index >= 15 is 0 Å². The van der Waals surface area contributed by atoms with Gasteiger partial charge >= 0.3 is 5.69 Å². The minimum atomic E-state index is -0.336. The van der Waals surface area contributed by atoms with Crippen LogP contribution in [0.3, 0.4) is 0 Å². The number of anilines is 1. The van der Waals surface area contributed by atoms with Crippen molar-refractivity contribution in [2.45, 2.75) is 25.8 Å². The zero-order chi connectivity index (χ0) is 12.3. The summed E-state index contributed by atoms with van der Waals surface area (Å²) in [7, 11) is 0. The molecule has 0 fully saturated rings. The Kier molecular flexibility index (Phi) is 3.63. The van der Waals surface area contributed by atoms with Crippen molar-refractivity contribution >= 4 is 23.1 Å². The molecule has 0 saturated carbocycles. The van der Waals surface area contributed by atoms with Gasteiger partial charge < -0.3 is 5.32 Å². The summed E-state index contributed by atoms with van der Waals surface area (Å²) in [6, 6.07) is 3.80. The molecule has 0 saturated heterocycles. The number of alkyl halides is 1. The largest absolute Gasteiger partial charge is 0.366 e. The second-order valence-electron chi connectivity index (χ2n) is 3.89. The van der Waals surface area contributed by atoms with Gasteiger partial charge in [-0.2, -0.15) is 9.61 Å². The summed E-state index contributed by atoms with van der Waals surface area (Å²) in [6.45, 7) is 2.05. The summed E-state index contributed by atoms with van der Waals surface area (Å²) in [6.07, 6.45) is 1.91. The third-order valence-electron chi connectivity index (χ3n) is 2.44. The fourth-order valence-electron chi connectivity index (χ4n) is 1.59. The highest BCUT2D eigenvalue weighted by atomic mass is 35.5. The second kappa shape index (κ2) is 5.18.